The van der Waals surface area contributed by atoms with Crippen molar-refractivity contribution in [3.8, 4) is 17.2 Å². The largest absolute Gasteiger partial charge is 0.507 e. The summed E-state index contributed by atoms with van der Waals surface area (Å²) in [6.07, 6.45) is -0.817. The highest BCUT2D eigenvalue weighted by Gasteiger charge is 2.62. The first-order valence-corrected chi connectivity index (χ1v) is 9.50. The lowest BCUT2D eigenvalue weighted by molar-refractivity contribution is -0.264. The van der Waals surface area contributed by atoms with E-state index in [0.717, 1.165) is 0 Å². The van der Waals surface area contributed by atoms with Gasteiger partial charge in [-0.15, -0.1) is 0 Å². The van der Waals surface area contributed by atoms with E-state index in [1.165, 1.54) is 20.3 Å². The summed E-state index contributed by atoms with van der Waals surface area (Å²) in [7, 11) is 2.77. The molecule has 0 amide bonds. The van der Waals surface area contributed by atoms with Crippen LogP contribution >= 0.6 is 0 Å². The highest BCUT2D eigenvalue weighted by molar-refractivity contribution is 6.31. The number of methoxy groups -OCH3 is 2. The monoisotopic (exact) mass is 412 g/mol. The first-order valence-electron chi connectivity index (χ1n) is 9.50. The minimum Gasteiger partial charge on any atom is -0.507 e. The predicted molar refractivity (Wildman–Crippen MR) is 102 cm³/mol. The molecule has 1 heterocycles. The van der Waals surface area contributed by atoms with Gasteiger partial charge in [-0.2, -0.15) is 0 Å². The van der Waals surface area contributed by atoms with E-state index in [0.29, 0.717) is 0 Å². The molecule has 1 fully saturated rings. The molecule has 2 aromatic rings. The smallest absolute Gasteiger partial charge is 0.202 e. The van der Waals surface area contributed by atoms with Gasteiger partial charge < -0.3 is 29.5 Å². The Labute approximate surface area is 171 Å². The molecular weight excluding hydrogens is 392 g/mol. The molecule has 8 heteroatoms. The predicted octanol–water partition coefficient (Wildman–Crippen LogP) is 1.99. The fourth-order valence-corrected chi connectivity index (χ4v) is 4.98. The highest BCUT2D eigenvalue weighted by Crippen LogP contribution is 2.58. The number of hydrogen-bond donors (Lipinski definition) is 3. The van der Waals surface area contributed by atoms with Gasteiger partial charge in [0.25, 0.3) is 0 Å². The lowest BCUT2D eigenvalue weighted by Gasteiger charge is -2.37. The topological polar surface area (TPSA) is 123 Å². The van der Waals surface area contributed by atoms with E-state index < -0.39 is 40.6 Å². The van der Waals surface area contributed by atoms with Gasteiger partial charge in [0.1, 0.15) is 22.8 Å². The summed E-state index contributed by atoms with van der Waals surface area (Å²) in [5.41, 5.74) is -1.55. The standard InChI is InChI=1S/C22H20O8/c1-21(29-3)22(27)7-10-14(12(8-22)30-21)20(26)16-15(18(10)24)17(23)9-5-4-6-11(28-2)13(9)19(16)25/h4-6,12,24,26-27H,7-8H2,1-3H3. The van der Waals surface area contributed by atoms with E-state index in [4.69, 9.17) is 14.2 Å². The summed E-state index contributed by atoms with van der Waals surface area (Å²) in [4.78, 5) is 26.6. The van der Waals surface area contributed by atoms with E-state index in [1.54, 1.807) is 19.1 Å². The Morgan fingerprint density at radius 3 is 2.43 bits per heavy atom. The summed E-state index contributed by atoms with van der Waals surface area (Å²) >= 11 is 0. The van der Waals surface area contributed by atoms with Crippen LogP contribution in [0.15, 0.2) is 18.2 Å². The molecule has 3 unspecified atom stereocenters. The van der Waals surface area contributed by atoms with Gasteiger partial charge in [0, 0.05) is 36.6 Å². The molecule has 0 aromatic heterocycles. The first-order chi connectivity index (χ1) is 14.2. The van der Waals surface area contributed by atoms with Gasteiger partial charge in [0.2, 0.25) is 5.78 Å². The third-order valence-electron chi connectivity index (χ3n) is 6.68. The zero-order valence-electron chi connectivity index (χ0n) is 16.6. The Balaban J connectivity index is 1.79. The molecule has 8 nitrogen and oxygen atoms in total. The van der Waals surface area contributed by atoms with Crippen molar-refractivity contribution in [2.75, 3.05) is 14.2 Å². The second-order valence-electron chi connectivity index (χ2n) is 8.05. The van der Waals surface area contributed by atoms with Crippen molar-refractivity contribution < 1.29 is 39.1 Å². The zero-order chi connectivity index (χ0) is 21.6. The summed E-state index contributed by atoms with van der Waals surface area (Å²) in [6.45, 7) is 1.57. The van der Waals surface area contributed by atoms with Gasteiger partial charge in [-0.25, -0.2) is 0 Å². The first kappa shape index (κ1) is 19.0. The van der Waals surface area contributed by atoms with Gasteiger partial charge in [-0.3, -0.25) is 9.59 Å². The maximum atomic E-state index is 13.3. The number of aliphatic hydroxyl groups is 1. The number of fused-ring (bicyclic) bond motifs is 6. The van der Waals surface area contributed by atoms with E-state index >= 15 is 0 Å². The van der Waals surface area contributed by atoms with E-state index in [2.05, 4.69) is 0 Å². The van der Waals surface area contributed by atoms with Crippen LogP contribution in [0.5, 0.6) is 17.2 Å². The second kappa shape index (κ2) is 5.81. The molecule has 30 heavy (non-hydrogen) atoms. The molecule has 2 bridgehead atoms. The third-order valence-corrected chi connectivity index (χ3v) is 6.68. The van der Waals surface area contributed by atoms with Crippen LogP contribution in [-0.4, -0.2) is 52.5 Å². The number of phenolic OH excluding ortho intramolecular Hbond substituents is 2. The molecule has 1 saturated heterocycles. The number of carbonyl (C=O) groups excluding carboxylic acids is 2. The molecule has 2 aliphatic carbocycles. The van der Waals surface area contributed by atoms with Crippen molar-refractivity contribution >= 4 is 11.6 Å². The maximum Gasteiger partial charge on any atom is 0.202 e. The fraction of sp³-hybridized carbons (Fsp3) is 0.364. The van der Waals surface area contributed by atoms with Gasteiger partial charge in [-0.1, -0.05) is 12.1 Å². The Kier molecular flexibility index (Phi) is 3.69. The van der Waals surface area contributed by atoms with Crippen LogP contribution in [0.4, 0.5) is 0 Å². The number of rotatable bonds is 2. The maximum absolute atomic E-state index is 13.3. The number of ether oxygens (including phenoxy) is 3. The Hall–Kier alpha value is -2.94. The van der Waals surface area contributed by atoms with Crippen molar-refractivity contribution in [1.82, 2.24) is 0 Å². The Morgan fingerprint density at radius 2 is 1.77 bits per heavy atom. The average Bonchev–Trinajstić information content (AvgIpc) is 2.93. The lowest BCUT2D eigenvalue weighted by Crippen LogP contribution is -2.51. The number of ketones is 2. The molecule has 2 aromatic carbocycles. The van der Waals surface area contributed by atoms with Crippen LogP contribution in [0, 0.1) is 0 Å². The van der Waals surface area contributed by atoms with Crippen molar-refractivity contribution in [3.05, 3.63) is 51.6 Å². The van der Waals surface area contributed by atoms with Gasteiger partial charge >= 0.3 is 0 Å². The fourth-order valence-electron chi connectivity index (χ4n) is 4.98. The highest BCUT2D eigenvalue weighted by atomic mass is 16.7. The van der Waals surface area contributed by atoms with Crippen LogP contribution < -0.4 is 4.74 Å². The van der Waals surface area contributed by atoms with Crippen molar-refractivity contribution in [1.29, 1.82) is 0 Å². The minimum atomic E-state index is -1.47. The van der Waals surface area contributed by atoms with Crippen LogP contribution in [-0.2, 0) is 15.9 Å². The van der Waals surface area contributed by atoms with Gasteiger partial charge in [0.05, 0.1) is 29.9 Å². The summed E-state index contributed by atoms with van der Waals surface area (Å²) in [6, 6.07) is 4.60. The zero-order valence-corrected chi connectivity index (χ0v) is 16.6. The van der Waals surface area contributed by atoms with E-state index in [1.807, 2.05) is 0 Å². The van der Waals surface area contributed by atoms with Crippen LogP contribution in [0.1, 0.15) is 62.4 Å². The number of hydrogen-bond acceptors (Lipinski definition) is 8. The average molecular weight is 412 g/mol. The number of benzene rings is 2. The number of phenols is 2. The molecular formula is C22H20O8. The molecule has 3 atom stereocenters. The molecule has 0 spiro atoms. The van der Waals surface area contributed by atoms with Crippen molar-refractivity contribution in [2.24, 2.45) is 0 Å². The Morgan fingerprint density at radius 1 is 1.07 bits per heavy atom. The second-order valence-corrected chi connectivity index (χ2v) is 8.05. The quantitative estimate of drug-likeness (QED) is 0.546. The van der Waals surface area contributed by atoms with Crippen LogP contribution in [0.2, 0.25) is 0 Å². The van der Waals surface area contributed by atoms with Gasteiger partial charge in [0.15, 0.2) is 11.6 Å². The molecule has 0 radical (unpaired) electrons. The lowest BCUT2D eigenvalue weighted by atomic mass is 9.73. The molecule has 3 aliphatic rings. The molecule has 0 saturated carbocycles. The number of carbonyl (C=O) groups is 2. The summed E-state index contributed by atoms with van der Waals surface area (Å²) in [5.74, 6) is -3.27. The summed E-state index contributed by atoms with van der Waals surface area (Å²) in [5, 5.41) is 33.3. The molecule has 156 valence electrons. The molecule has 3 N–H and O–H groups in total. The normalized spacial score (nSPS) is 28.7. The third kappa shape index (κ3) is 2.05. The van der Waals surface area contributed by atoms with Gasteiger partial charge in [-0.05, 0) is 13.0 Å². The number of aromatic hydroxyl groups is 2. The van der Waals surface area contributed by atoms with E-state index in [9.17, 15) is 24.9 Å². The summed E-state index contributed by atoms with van der Waals surface area (Å²) < 4.78 is 16.5. The van der Waals surface area contributed by atoms with Crippen molar-refractivity contribution in [3.63, 3.8) is 0 Å². The van der Waals surface area contributed by atoms with Crippen LogP contribution in [0.25, 0.3) is 0 Å². The van der Waals surface area contributed by atoms with E-state index in [-0.39, 0.29) is 52.0 Å². The van der Waals surface area contributed by atoms with Crippen LogP contribution in [0.3, 0.4) is 0 Å². The molecule has 5 rings (SSSR count). The van der Waals surface area contributed by atoms with Crippen molar-refractivity contribution in [2.45, 2.75) is 37.3 Å². The minimum absolute atomic E-state index is 0.0357. The SMILES string of the molecule is COc1cccc2c1C(=O)c1c(O)c3c(c(O)c1C2=O)CC1(O)CC3OC1(C)OC. The Bertz CT molecular complexity index is 1150. The molecule has 1 aliphatic heterocycles.